The third-order valence-electron chi connectivity index (χ3n) is 1.44. The topological polar surface area (TPSA) is 20.2 Å². The van der Waals surface area contributed by atoms with Crippen molar-refractivity contribution in [3.63, 3.8) is 0 Å². The van der Waals surface area contributed by atoms with Gasteiger partial charge in [0.2, 0.25) is 0 Å². The molecule has 0 saturated carbocycles. The SMILES string of the molecule is C=CCC(O)/C=C/C=C/CCC. The minimum absolute atomic E-state index is 0.381. The molecule has 0 aliphatic rings. The molecule has 12 heavy (non-hydrogen) atoms. The Bertz CT molecular complexity index is 156. The van der Waals surface area contributed by atoms with Crippen molar-refractivity contribution in [3.05, 3.63) is 37.0 Å². The van der Waals surface area contributed by atoms with Gasteiger partial charge in [0.25, 0.3) is 0 Å². The van der Waals surface area contributed by atoms with Crippen molar-refractivity contribution in [1.29, 1.82) is 0 Å². The second kappa shape index (κ2) is 8.28. The fourth-order valence-electron chi connectivity index (χ4n) is 0.783. The number of aliphatic hydroxyl groups excluding tert-OH is 1. The van der Waals surface area contributed by atoms with Crippen LogP contribution in [0.2, 0.25) is 0 Å². The van der Waals surface area contributed by atoms with E-state index in [1.165, 1.54) is 6.42 Å². The molecule has 1 unspecified atom stereocenters. The molecule has 0 aromatic heterocycles. The molecular weight excluding hydrogens is 148 g/mol. The lowest BCUT2D eigenvalue weighted by molar-refractivity contribution is 0.227. The molecule has 0 heterocycles. The summed E-state index contributed by atoms with van der Waals surface area (Å²) in [4.78, 5) is 0. The summed E-state index contributed by atoms with van der Waals surface area (Å²) < 4.78 is 0. The molecule has 0 saturated heterocycles. The Kier molecular flexibility index (Phi) is 7.71. The van der Waals surface area contributed by atoms with Gasteiger partial charge in [0.15, 0.2) is 0 Å². The highest BCUT2D eigenvalue weighted by Gasteiger charge is 1.90. The van der Waals surface area contributed by atoms with Crippen LogP contribution in [0, 0.1) is 0 Å². The van der Waals surface area contributed by atoms with Crippen molar-refractivity contribution < 1.29 is 5.11 Å². The molecule has 0 aromatic rings. The van der Waals surface area contributed by atoms with Crippen LogP contribution in [0.15, 0.2) is 37.0 Å². The number of allylic oxidation sites excluding steroid dienone is 3. The molecule has 0 bridgehead atoms. The predicted octanol–water partition coefficient (Wildman–Crippen LogP) is 2.84. The standard InChI is InChI=1S/C11H18O/c1-3-5-6-7-8-10-11(12)9-4-2/h4,6-8,10-12H,2-3,5,9H2,1H3/b7-6+,10-8+. The lowest BCUT2D eigenvalue weighted by Gasteiger charge is -1.97. The van der Waals surface area contributed by atoms with Crippen LogP contribution in [0.5, 0.6) is 0 Å². The van der Waals surface area contributed by atoms with E-state index < -0.39 is 0 Å². The van der Waals surface area contributed by atoms with Crippen LogP contribution in [-0.2, 0) is 0 Å². The van der Waals surface area contributed by atoms with Crippen molar-refractivity contribution in [2.24, 2.45) is 0 Å². The summed E-state index contributed by atoms with van der Waals surface area (Å²) in [5.41, 5.74) is 0. The molecule has 68 valence electrons. The Morgan fingerprint density at radius 1 is 1.42 bits per heavy atom. The largest absolute Gasteiger partial charge is 0.389 e. The molecule has 0 fully saturated rings. The summed E-state index contributed by atoms with van der Waals surface area (Å²) in [6.07, 6.45) is 11.9. The Balaban J connectivity index is 3.52. The third-order valence-corrected chi connectivity index (χ3v) is 1.44. The van der Waals surface area contributed by atoms with E-state index in [4.69, 9.17) is 0 Å². The van der Waals surface area contributed by atoms with Gasteiger partial charge >= 0.3 is 0 Å². The summed E-state index contributed by atoms with van der Waals surface area (Å²) in [6, 6.07) is 0. The quantitative estimate of drug-likeness (QED) is 0.475. The van der Waals surface area contributed by atoms with E-state index in [1.54, 1.807) is 12.2 Å². The summed E-state index contributed by atoms with van der Waals surface area (Å²) in [6.45, 7) is 5.69. The van der Waals surface area contributed by atoms with Gasteiger partial charge in [-0.2, -0.15) is 0 Å². The van der Waals surface area contributed by atoms with Crippen LogP contribution in [0.1, 0.15) is 26.2 Å². The predicted molar refractivity (Wildman–Crippen MR) is 54.0 cm³/mol. The first-order valence-electron chi connectivity index (χ1n) is 4.43. The Labute approximate surface area is 75.1 Å². The van der Waals surface area contributed by atoms with Crippen LogP contribution in [0.25, 0.3) is 0 Å². The van der Waals surface area contributed by atoms with Crippen LogP contribution in [0.3, 0.4) is 0 Å². The van der Waals surface area contributed by atoms with Crippen molar-refractivity contribution in [3.8, 4) is 0 Å². The van der Waals surface area contributed by atoms with E-state index in [2.05, 4.69) is 19.6 Å². The fraction of sp³-hybridized carbons (Fsp3) is 0.455. The van der Waals surface area contributed by atoms with E-state index in [0.717, 1.165) is 6.42 Å². The summed E-state index contributed by atoms with van der Waals surface area (Å²) in [7, 11) is 0. The molecule has 0 spiro atoms. The average molecular weight is 166 g/mol. The maximum absolute atomic E-state index is 9.21. The first kappa shape index (κ1) is 11.2. The molecular formula is C11H18O. The van der Waals surface area contributed by atoms with Crippen molar-refractivity contribution in [1.82, 2.24) is 0 Å². The highest BCUT2D eigenvalue weighted by molar-refractivity contribution is 5.05. The fourth-order valence-corrected chi connectivity index (χ4v) is 0.783. The summed E-state index contributed by atoms with van der Waals surface area (Å²) in [5.74, 6) is 0. The van der Waals surface area contributed by atoms with Gasteiger partial charge in [0.05, 0.1) is 6.10 Å². The van der Waals surface area contributed by atoms with Gasteiger partial charge in [-0.3, -0.25) is 0 Å². The van der Waals surface area contributed by atoms with Crippen molar-refractivity contribution in [2.75, 3.05) is 0 Å². The lowest BCUT2D eigenvalue weighted by Crippen LogP contribution is -1.98. The van der Waals surface area contributed by atoms with Gasteiger partial charge in [-0.25, -0.2) is 0 Å². The van der Waals surface area contributed by atoms with Gasteiger partial charge in [-0.05, 0) is 12.8 Å². The second-order valence-corrected chi connectivity index (χ2v) is 2.69. The first-order chi connectivity index (χ1) is 5.81. The monoisotopic (exact) mass is 166 g/mol. The van der Waals surface area contributed by atoms with Gasteiger partial charge in [0, 0.05) is 0 Å². The molecule has 1 atom stereocenters. The number of hydrogen-bond acceptors (Lipinski definition) is 1. The average Bonchev–Trinajstić information content (AvgIpc) is 2.05. The van der Waals surface area contributed by atoms with Crippen LogP contribution >= 0.6 is 0 Å². The molecule has 1 N–H and O–H groups in total. The van der Waals surface area contributed by atoms with Gasteiger partial charge in [0.1, 0.15) is 0 Å². The summed E-state index contributed by atoms with van der Waals surface area (Å²) >= 11 is 0. The number of hydrogen-bond donors (Lipinski definition) is 1. The number of rotatable bonds is 6. The van der Waals surface area contributed by atoms with E-state index in [-0.39, 0.29) is 6.10 Å². The molecule has 0 aliphatic heterocycles. The molecule has 0 radical (unpaired) electrons. The van der Waals surface area contributed by atoms with E-state index in [1.807, 2.05) is 12.2 Å². The zero-order chi connectivity index (χ0) is 9.23. The zero-order valence-electron chi connectivity index (χ0n) is 7.74. The van der Waals surface area contributed by atoms with Crippen molar-refractivity contribution in [2.45, 2.75) is 32.3 Å². The first-order valence-corrected chi connectivity index (χ1v) is 4.43. The molecule has 0 aliphatic carbocycles. The number of unbranched alkanes of at least 4 members (excludes halogenated alkanes) is 1. The van der Waals surface area contributed by atoms with E-state index in [9.17, 15) is 5.11 Å². The number of aliphatic hydroxyl groups is 1. The Morgan fingerprint density at radius 3 is 2.75 bits per heavy atom. The van der Waals surface area contributed by atoms with Crippen molar-refractivity contribution >= 4 is 0 Å². The molecule has 0 aromatic carbocycles. The normalized spacial score (nSPS) is 14.2. The minimum Gasteiger partial charge on any atom is -0.389 e. The zero-order valence-corrected chi connectivity index (χ0v) is 7.74. The molecule has 1 nitrogen and oxygen atoms in total. The van der Waals surface area contributed by atoms with Gasteiger partial charge < -0.3 is 5.11 Å². The minimum atomic E-state index is -0.381. The van der Waals surface area contributed by atoms with Gasteiger partial charge in [-0.1, -0.05) is 43.7 Å². The molecule has 0 rings (SSSR count). The van der Waals surface area contributed by atoms with E-state index in [0.29, 0.717) is 6.42 Å². The third kappa shape index (κ3) is 7.29. The Morgan fingerprint density at radius 2 is 2.17 bits per heavy atom. The lowest BCUT2D eigenvalue weighted by atomic mass is 10.2. The summed E-state index contributed by atoms with van der Waals surface area (Å²) in [5, 5.41) is 9.21. The highest BCUT2D eigenvalue weighted by atomic mass is 16.3. The van der Waals surface area contributed by atoms with Crippen LogP contribution in [-0.4, -0.2) is 11.2 Å². The molecule has 0 amide bonds. The maximum atomic E-state index is 9.21. The maximum Gasteiger partial charge on any atom is 0.0758 e. The van der Waals surface area contributed by atoms with E-state index >= 15 is 0 Å². The van der Waals surface area contributed by atoms with Crippen LogP contribution < -0.4 is 0 Å². The smallest absolute Gasteiger partial charge is 0.0758 e. The van der Waals surface area contributed by atoms with Crippen LogP contribution in [0.4, 0.5) is 0 Å². The molecule has 1 heteroatoms. The second-order valence-electron chi connectivity index (χ2n) is 2.69. The Hall–Kier alpha value is -0.820. The highest BCUT2D eigenvalue weighted by Crippen LogP contribution is 1.95. The van der Waals surface area contributed by atoms with Gasteiger partial charge in [-0.15, -0.1) is 6.58 Å².